The summed E-state index contributed by atoms with van der Waals surface area (Å²) < 4.78 is 2.02. The van der Waals surface area contributed by atoms with E-state index in [1.54, 1.807) is 0 Å². The minimum Gasteiger partial charge on any atom is -0.283 e. The van der Waals surface area contributed by atoms with Gasteiger partial charge in [0.25, 0.3) is 0 Å². The molecule has 2 aromatic heterocycles. The van der Waals surface area contributed by atoms with Crippen LogP contribution in [0.4, 0.5) is 11.5 Å². The van der Waals surface area contributed by atoms with Crippen molar-refractivity contribution in [3.8, 4) is 0 Å². The van der Waals surface area contributed by atoms with E-state index >= 15 is 0 Å². The molecule has 0 atom stereocenters. The largest absolute Gasteiger partial charge is 0.283 e. The molecule has 3 aromatic rings. The standard InChI is InChI=1S/C18H20N4/c1-12(2)16-18(21-20-15-9-5-7-13(3)11-15)22-10-6-8-14(4)17(22)19-16/h5-12H,1-4H3. The number of rotatable bonds is 3. The van der Waals surface area contributed by atoms with E-state index in [1.807, 2.05) is 34.9 Å². The zero-order valence-electron chi connectivity index (χ0n) is 13.4. The molecule has 0 saturated heterocycles. The average Bonchev–Trinajstić information content (AvgIpc) is 2.86. The lowest BCUT2D eigenvalue weighted by Crippen LogP contribution is -1.87. The minimum absolute atomic E-state index is 0.297. The smallest absolute Gasteiger partial charge is 0.183 e. The molecule has 4 nitrogen and oxygen atoms in total. The Morgan fingerprint density at radius 1 is 1.05 bits per heavy atom. The highest BCUT2D eigenvalue weighted by molar-refractivity contribution is 5.57. The van der Waals surface area contributed by atoms with E-state index in [1.165, 1.54) is 5.56 Å². The summed E-state index contributed by atoms with van der Waals surface area (Å²) in [5, 5.41) is 8.89. The first-order valence-electron chi connectivity index (χ1n) is 7.52. The lowest BCUT2D eigenvalue weighted by molar-refractivity contribution is 0.831. The van der Waals surface area contributed by atoms with Crippen molar-refractivity contribution in [3.05, 3.63) is 59.4 Å². The van der Waals surface area contributed by atoms with E-state index < -0.39 is 0 Å². The van der Waals surface area contributed by atoms with E-state index in [9.17, 15) is 0 Å². The van der Waals surface area contributed by atoms with Gasteiger partial charge in [-0.1, -0.05) is 32.0 Å². The second-order valence-corrected chi connectivity index (χ2v) is 5.90. The highest BCUT2D eigenvalue weighted by atomic mass is 15.2. The van der Waals surface area contributed by atoms with Crippen molar-refractivity contribution in [2.45, 2.75) is 33.6 Å². The monoisotopic (exact) mass is 292 g/mol. The summed E-state index contributed by atoms with van der Waals surface area (Å²) in [6.45, 7) is 8.37. The average molecular weight is 292 g/mol. The predicted octanol–water partition coefficient (Wildman–Crippen LogP) is 5.49. The second-order valence-electron chi connectivity index (χ2n) is 5.90. The van der Waals surface area contributed by atoms with Crippen molar-refractivity contribution in [1.29, 1.82) is 0 Å². The Kier molecular flexibility index (Phi) is 3.75. The normalized spacial score (nSPS) is 11.9. The number of fused-ring (bicyclic) bond motifs is 1. The van der Waals surface area contributed by atoms with Gasteiger partial charge < -0.3 is 0 Å². The molecule has 3 rings (SSSR count). The van der Waals surface area contributed by atoms with Gasteiger partial charge in [-0.05, 0) is 49.1 Å². The summed E-state index contributed by atoms with van der Waals surface area (Å²) in [7, 11) is 0. The second kappa shape index (κ2) is 5.72. The Labute approximate surface area is 130 Å². The SMILES string of the molecule is Cc1cccc(N=Nc2c(C(C)C)nc3c(C)cccn23)c1. The highest BCUT2D eigenvalue weighted by Crippen LogP contribution is 2.30. The van der Waals surface area contributed by atoms with Crippen molar-refractivity contribution in [2.75, 3.05) is 0 Å². The van der Waals surface area contributed by atoms with E-state index in [0.717, 1.165) is 28.4 Å². The Hall–Kier alpha value is -2.49. The van der Waals surface area contributed by atoms with Crippen molar-refractivity contribution < 1.29 is 0 Å². The molecule has 0 aliphatic rings. The van der Waals surface area contributed by atoms with Gasteiger partial charge in [-0.25, -0.2) is 4.98 Å². The van der Waals surface area contributed by atoms with Gasteiger partial charge in [-0.15, -0.1) is 10.2 Å². The topological polar surface area (TPSA) is 42.0 Å². The quantitative estimate of drug-likeness (QED) is 0.588. The Balaban J connectivity index is 2.13. The van der Waals surface area contributed by atoms with Gasteiger partial charge in [0.15, 0.2) is 5.82 Å². The zero-order chi connectivity index (χ0) is 15.7. The number of benzene rings is 1. The first kappa shape index (κ1) is 14.4. The molecule has 22 heavy (non-hydrogen) atoms. The summed E-state index contributed by atoms with van der Waals surface area (Å²) in [5.74, 6) is 1.11. The third kappa shape index (κ3) is 2.64. The van der Waals surface area contributed by atoms with E-state index in [-0.39, 0.29) is 0 Å². The van der Waals surface area contributed by atoms with Crippen molar-refractivity contribution in [1.82, 2.24) is 9.38 Å². The maximum Gasteiger partial charge on any atom is 0.183 e. The summed E-state index contributed by atoms with van der Waals surface area (Å²) in [4.78, 5) is 4.75. The van der Waals surface area contributed by atoms with Crippen molar-refractivity contribution in [2.24, 2.45) is 10.2 Å². The molecular formula is C18H20N4. The maximum absolute atomic E-state index is 4.75. The van der Waals surface area contributed by atoms with Gasteiger partial charge >= 0.3 is 0 Å². The van der Waals surface area contributed by atoms with Crippen LogP contribution in [0, 0.1) is 13.8 Å². The first-order chi connectivity index (χ1) is 10.6. The van der Waals surface area contributed by atoms with Crippen LogP contribution in [0.1, 0.15) is 36.6 Å². The van der Waals surface area contributed by atoms with Crippen LogP contribution in [-0.2, 0) is 0 Å². The van der Waals surface area contributed by atoms with E-state index in [0.29, 0.717) is 5.92 Å². The molecule has 2 heterocycles. The zero-order valence-corrected chi connectivity index (χ0v) is 13.4. The number of pyridine rings is 1. The lowest BCUT2D eigenvalue weighted by Gasteiger charge is -2.02. The molecule has 0 aliphatic heterocycles. The molecule has 0 bridgehead atoms. The maximum atomic E-state index is 4.75. The van der Waals surface area contributed by atoms with Crippen LogP contribution in [-0.4, -0.2) is 9.38 Å². The third-order valence-electron chi connectivity index (χ3n) is 3.65. The van der Waals surface area contributed by atoms with Crippen molar-refractivity contribution >= 4 is 17.2 Å². The number of hydrogen-bond acceptors (Lipinski definition) is 3. The van der Waals surface area contributed by atoms with Crippen LogP contribution < -0.4 is 0 Å². The van der Waals surface area contributed by atoms with Crippen LogP contribution in [0.25, 0.3) is 5.65 Å². The highest BCUT2D eigenvalue weighted by Gasteiger charge is 2.15. The van der Waals surface area contributed by atoms with E-state index in [2.05, 4.69) is 50.1 Å². The van der Waals surface area contributed by atoms with Crippen molar-refractivity contribution in [3.63, 3.8) is 0 Å². The number of aryl methyl sites for hydroxylation is 2. The van der Waals surface area contributed by atoms with Gasteiger partial charge in [0.1, 0.15) is 5.65 Å². The fourth-order valence-electron chi connectivity index (χ4n) is 2.49. The Morgan fingerprint density at radius 3 is 2.59 bits per heavy atom. The molecule has 0 N–H and O–H groups in total. The van der Waals surface area contributed by atoms with E-state index in [4.69, 9.17) is 4.98 Å². The minimum atomic E-state index is 0.297. The number of aromatic nitrogens is 2. The van der Waals surface area contributed by atoms with Gasteiger partial charge in [0.2, 0.25) is 0 Å². The molecular weight excluding hydrogens is 272 g/mol. The summed E-state index contributed by atoms with van der Waals surface area (Å²) in [5.41, 5.74) is 5.10. The summed E-state index contributed by atoms with van der Waals surface area (Å²) in [6.07, 6.45) is 1.99. The molecule has 0 spiro atoms. The van der Waals surface area contributed by atoms with Gasteiger partial charge in [-0.3, -0.25) is 4.40 Å². The first-order valence-corrected chi connectivity index (χ1v) is 7.52. The fourth-order valence-corrected chi connectivity index (χ4v) is 2.49. The predicted molar refractivity (Wildman–Crippen MR) is 89.4 cm³/mol. The van der Waals surface area contributed by atoms with Crippen LogP contribution >= 0.6 is 0 Å². The number of azo groups is 1. The summed E-state index contributed by atoms with van der Waals surface area (Å²) >= 11 is 0. The number of hydrogen-bond donors (Lipinski definition) is 0. The van der Waals surface area contributed by atoms with Gasteiger partial charge in [0, 0.05) is 6.20 Å². The molecule has 4 heteroatoms. The molecule has 0 fully saturated rings. The molecule has 112 valence electrons. The third-order valence-corrected chi connectivity index (χ3v) is 3.65. The number of imidazole rings is 1. The number of nitrogens with zero attached hydrogens (tertiary/aromatic N) is 4. The molecule has 0 amide bonds. The lowest BCUT2D eigenvalue weighted by atomic mass is 10.1. The van der Waals surface area contributed by atoms with Crippen LogP contribution in [0.3, 0.4) is 0 Å². The van der Waals surface area contributed by atoms with Gasteiger partial charge in [0.05, 0.1) is 11.4 Å². The molecule has 1 aromatic carbocycles. The molecule has 0 saturated carbocycles. The fraction of sp³-hybridized carbons (Fsp3) is 0.278. The van der Waals surface area contributed by atoms with Crippen LogP contribution in [0.2, 0.25) is 0 Å². The Bertz CT molecular complexity index is 843. The van der Waals surface area contributed by atoms with Crippen LogP contribution in [0.15, 0.2) is 52.8 Å². The van der Waals surface area contributed by atoms with Crippen LogP contribution in [0.5, 0.6) is 0 Å². The molecule has 0 unspecified atom stereocenters. The Morgan fingerprint density at radius 2 is 1.86 bits per heavy atom. The van der Waals surface area contributed by atoms with Gasteiger partial charge in [-0.2, -0.15) is 0 Å². The summed E-state index contributed by atoms with van der Waals surface area (Å²) in [6, 6.07) is 12.1. The molecule has 0 radical (unpaired) electrons. The molecule has 0 aliphatic carbocycles.